The van der Waals surface area contributed by atoms with Gasteiger partial charge in [-0.05, 0) is 64.2 Å². The number of nitrogens with one attached hydrogen (secondary N) is 1. The largest absolute Gasteiger partial charge is 0.377 e. The molecule has 2 heterocycles. The Labute approximate surface area is 116 Å². The molecule has 3 heteroatoms. The van der Waals surface area contributed by atoms with Gasteiger partial charge >= 0.3 is 0 Å². The minimum Gasteiger partial charge on any atom is -0.377 e. The fourth-order valence-electron chi connectivity index (χ4n) is 3.07. The second-order valence-electron chi connectivity index (χ2n) is 5.70. The van der Waals surface area contributed by atoms with E-state index in [1.165, 1.54) is 30.4 Å². The summed E-state index contributed by atoms with van der Waals surface area (Å²) in [5, 5.41) is 3.60. The van der Waals surface area contributed by atoms with Crippen LogP contribution in [0.25, 0.3) is 0 Å². The monoisotopic (exact) mass is 262 g/mol. The molecule has 1 N–H and O–H groups in total. The highest BCUT2D eigenvalue weighted by Gasteiger charge is 2.17. The maximum Gasteiger partial charge on any atom is 0.0699 e. The summed E-state index contributed by atoms with van der Waals surface area (Å²) in [7, 11) is 0. The molecule has 0 aromatic carbocycles. The normalized spacial score (nSPS) is 21.4. The second kappa shape index (κ2) is 6.49. The van der Waals surface area contributed by atoms with Crippen molar-refractivity contribution in [1.29, 1.82) is 0 Å². The zero-order valence-corrected chi connectivity index (χ0v) is 12.6. The molecule has 2 rings (SSSR count). The van der Waals surface area contributed by atoms with Crippen molar-refractivity contribution in [3.8, 4) is 0 Å². The molecule has 0 aliphatic carbocycles. The minimum atomic E-state index is 0.332. The van der Waals surface area contributed by atoms with E-state index in [9.17, 15) is 0 Å². The molecule has 3 nitrogen and oxygen atoms in total. The van der Waals surface area contributed by atoms with Crippen LogP contribution in [0.15, 0.2) is 6.07 Å². The van der Waals surface area contributed by atoms with Crippen LogP contribution in [-0.4, -0.2) is 24.2 Å². The number of aromatic nitrogens is 1. The lowest BCUT2D eigenvalue weighted by Gasteiger charge is -2.26. The number of hydrogen-bond donors (Lipinski definition) is 1. The highest BCUT2D eigenvalue weighted by molar-refractivity contribution is 5.33. The summed E-state index contributed by atoms with van der Waals surface area (Å²) in [5.74, 6) is 0. The zero-order valence-electron chi connectivity index (χ0n) is 12.6. The number of rotatable bonds is 4. The van der Waals surface area contributed by atoms with E-state index in [-0.39, 0.29) is 0 Å². The van der Waals surface area contributed by atoms with Crippen molar-refractivity contribution >= 4 is 0 Å². The molecule has 1 aliphatic rings. The summed E-state index contributed by atoms with van der Waals surface area (Å²) in [6.07, 6.45) is 4.08. The summed E-state index contributed by atoms with van der Waals surface area (Å²) in [6, 6.07) is 2.50. The van der Waals surface area contributed by atoms with Crippen molar-refractivity contribution in [3.05, 3.63) is 28.6 Å². The van der Waals surface area contributed by atoms with E-state index in [1.807, 2.05) is 0 Å². The maximum atomic E-state index is 5.77. The number of aryl methyl sites for hydroxylation is 3. The van der Waals surface area contributed by atoms with Gasteiger partial charge in [-0.15, -0.1) is 0 Å². The SMILES string of the molecule is Cc1cc(C)c(C(C)NCC2CCCCO2)c(C)n1. The Hall–Kier alpha value is -0.930. The van der Waals surface area contributed by atoms with Gasteiger partial charge in [-0.3, -0.25) is 4.98 Å². The van der Waals surface area contributed by atoms with Crippen LogP contribution in [0.4, 0.5) is 0 Å². The summed E-state index contributed by atoms with van der Waals surface area (Å²) in [5.41, 5.74) is 4.90. The van der Waals surface area contributed by atoms with E-state index in [1.54, 1.807) is 0 Å². The van der Waals surface area contributed by atoms with Crippen LogP contribution in [0.2, 0.25) is 0 Å². The third kappa shape index (κ3) is 3.77. The third-order valence-corrected chi connectivity index (χ3v) is 3.94. The molecule has 2 atom stereocenters. The first kappa shape index (κ1) is 14.5. The average molecular weight is 262 g/mol. The molecular weight excluding hydrogens is 236 g/mol. The topological polar surface area (TPSA) is 34.1 Å². The number of pyridine rings is 1. The summed E-state index contributed by atoms with van der Waals surface area (Å²) in [4.78, 5) is 4.58. The second-order valence-corrected chi connectivity index (χ2v) is 5.70. The molecule has 0 bridgehead atoms. The number of nitrogens with zero attached hydrogens (tertiary/aromatic N) is 1. The first-order valence-corrected chi connectivity index (χ1v) is 7.37. The smallest absolute Gasteiger partial charge is 0.0699 e. The third-order valence-electron chi connectivity index (χ3n) is 3.94. The summed E-state index contributed by atoms with van der Waals surface area (Å²) < 4.78 is 5.77. The van der Waals surface area contributed by atoms with Gasteiger partial charge in [-0.2, -0.15) is 0 Å². The summed E-state index contributed by atoms with van der Waals surface area (Å²) in [6.45, 7) is 10.4. The lowest BCUT2D eigenvalue weighted by atomic mass is 10.00. The van der Waals surface area contributed by atoms with E-state index >= 15 is 0 Å². The molecule has 1 aromatic heterocycles. The van der Waals surface area contributed by atoms with Crippen LogP contribution < -0.4 is 5.32 Å². The Bertz CT molecular complexity index is 402. The number of hydrogen-bond acceptors (Lipinski definition) is 3. The van der Waals surface area contributed by atoms with Crippen LogP contribution in [-0.2, 0) is 4.74 Å². The van der Waals surface area contributed by atoms with E-state index < -0.39 is 0 Å². The van der Waals surface area contributed by atoms with E-state index in [0.717, 1.165) is 24.5 Å². The van der Waals surface area contributed by atoms with Gasteiger partial charge < -0.3 is 10.1 Å². The Kier molecular flexibility index (Phi) is 4.94. The molecule has 1 fully saturated rings. The van der Waals surface area contributed by atoms with E-state index in [0.29, 0.717) is 12.1 Å². The zero-order chi connectivity index (χ0) is 13.8. The summed E-state index contributed by atoms with van der Waals surface area (Å²) >= 11 is 0. The Morgan fingerprint density at radius 2 is 2.16 bits per heavy atom. The highest BCUT2D eigenvalue weighted by atomic mass is 16.5. The average Bonchev–Trinajstić information content (AvgIpc) is 2.36. The molecule has 0 radical (unpaired) electrons. The van der Waals surface area contributed by atoms with Gasteiger partial charge in [-0.25, -0.2) is 0 Å². The first-order valence-electron chi connectivity index (χ1n) is 7.37. The van der Waals surface area contributed by atoms with Crippen LogP contribution in [0.1, 0.15) is 54.7 Å². The standard InChI is InChI=1S/C16H26N2O/c1-11-9-12(2)18-14(4)16(11)13(3)17-10-15-7-5-6-8-19-15/h9,13,15,17H,5-8,10H2,1-4H3. The molecule has 1 aromatic rings. The first-order chi connectivity index (χ1) is 9.08. The highest BCUT2D eigenvalue weighted by Crippen LogP contribution is 2.21. The molecule has 19 heavy (non-hydrogen) atoms. The molecule has 0 amide bonds. The minimum absolute atomic E-state index is 0.332. The van der Waals surface area contributed by atoms with Crippen molar-refractivity contribution in [3.63, 3.8) is 0 Å². The van der Waals surface area contributed by atoms with Crippen molar-refractivity contribution < 1.29 is 4.74 Å². The van der Waals surface area contributed by atoms with Crippen LogP contribution in [0.3, 0.4) is 0 Å². The van der Waals surface area contributed by atoms with Crippen molar-refractivity contribution in [1.82, 2.24) is 10.3 Å². The molecule has 1 aliphatic heterocycles. The molecule has 1 saturated heterocycles. The maximum absolute atomic E-state index is 5.77. The van der Waals surface area contributed by atoms with Crippen molar-refractivity contribution in [2.45, 2.75) is 59.1 Å². The Morgan fingerprint density at radius 1 is 1.37 bits per heavy atom. The quantitative estimate of drug-likeness (QED) is 0.904. The van der Waals surface area contributed by atoms with Crippen LogP contribution >= 0.6 is 0 Å². The van der Waals surface area contributed by atoms with Gasteiger partial charge in [0.05, 0.1) is 6.10 Å². The van der Waals surface area contributed by atoms with Crippen LogP contribution in [0.5, 0.6) is 0 Å². The van der Waals surface area contributed by atoms with Gasteiger partial charge in [0, 0.05) is 30.6 Å². The lowest BCUT2D eigenvalue weighted by Crippen LogP contribution is -2.33. The predicted octanol–water partition coefficient (Wildman–Crippen LogP) is 3.23. The van der Waals surface area contributed by atoms with Gasteiger partial charge in [0.1, 0.15) is 0 Å². The van der Waals surface area contributed by atoms with Gasteiger partial charge in [-0.1, -0.05) is 0 Å². The molecule has 106 valence electrons. The fourth-order valence-corrected chi connectivity index (χ4v) is 3.07. The fraction of sp³-hybridized carbons (Fsp3) is 0.688. The molecule has 0 spiro atoms. The van der Waals surface area contributed by atoms with E-state index in [2.05, 4.69) is 44.1 Å². The lowest BCUT2D eigenvalue weighted by molar-refractivity contribution is 0.0156. The van der Waals surface area contributed by atoms with E-state index in [4.69, 9.17) is 4.74 Å². The van der Waals surface area contributed by atoms with Crippen LogP contribution in [0, 0.1) is 20.8 Å². The Morgan fingerprint density at radius 3 is 2.79 bits per heavy atom. The predicted molar refractivity (Wildman–Crippen MR) is 78.5 cm³/mol. The Balaban J connectivity index is 1.97. The number of ether oxygens (including phenoxy) is 1. The van der Waals surface area contributed by atoms with Gasteiger partial charge in [0.25, 0.3) is 0 Å². The van der Waals surface area contributed by atoms with Gasteiger partial charge in [0.15, 0.2) is 0 Å². The molecule has 0 saturated carbocycles. The van der Waals surface area contributed by atoms with Crippen molar-refractivity contribution in [2.24, 2.45) is 0 Å². The van der Waals surface area contributed by atoms with Gasteiger partial charge in [0.2, 0.25) is 0 Å². The molecular formula is C16H26N2O. The van der Waals surface area contributed by atoms with Crippen molar-refractivity contribution in [2.75, 3.05) is 13.2 Å². The molecule has 2 unspecified atom stereocenters.